The van der Waals surface area contributed by atoms with E-state index in [0.29, 0.717) is 6.04 Å². The molecule has 0 aromatic carbocycles. The predicted molar refractivity (Wildman–Crippen MR) is 66.5 cm³/mol. The molecule has 1 aromatic heterocycles. The first-order valence-electron chi connectivity index (χ1n) is 6.61. The fourth-order valence-corrected chi connectivity index (χ4v) is 2.83. The third-order valence-corrected chi connectivity index (χ3v) is 3.77. The maximum atomic E-state index is 5.88. The van der Waals surface area contributed by atoms with Gasteiger partial charge in [-0.05, 0) is 37.9 Å². The number of nitrogens with one attached hydrogen (secondary N) is 1. The molecule has 2 heteroatoms. The number of hydrogen-bond acceptors (Lipinski definition) is 2. The van der Waals surface area contributed by atoms with Gasteiger partial charge >= 0.3 is 0 Å². The fraction of sp³-hybridized carbons (Fsp3) is 0.714. The second-order valence-corrected chi connectivity index (χ2v) is 4.82. The Kier molecular flexibility index (Phi) is 4.05. The zero-order chi connectivity index (χ0) is 11.4. The van der Waals surface area contributed by atoms with Gasteiger partial charge < -0.3 is 9.73 Å². The van der Waals surface area contributed by atoms with Crippen LogP contribution in [0.25, 0.3) is 0 Å². The van der Waals surface area contributed by atoms with Crippen LogP contribution >= 0.6 is 0 Å². The molecule has 0 saturated heterocycles. The Labute approximate surface area is 98.4 Å². The van der Waals surface area contributed by atoms with E-state index in [1.807, 2.05) is 7.05 Å². The molecule has 2 rings (SSSR count). The largest absolute Gasteiger partial charge is 0.464 e. The van der Waals surface area contributed by atoms with Crippen LogP contribution in [-0.2, 0) is 6.42 Å². The highest BCUT2D eigenvalue weighted by Gasteiger charge is 2.25. The van der Waals surface area contributed by atoms with E-state index in [9.17, 15) is 0 Å². The molecule has 90 valence electrons. The quantitative estimate of drug-likeness (QED) is 0.839. The number of aryl methyl sites for hydroxylation is 1. The Balaban J connectivity index is 2.08. The summed E-state index contributed by atoms with van der Waals surface area (Å²) in [7, 11) is 2.05. The third kappa shape index (κ3) is 2.49. The van der Waals surface area contributed by atoms with Crippen LogP contribution < -0.4 is 5.32 Å². The lowest BCUT2D eigenvalue weighted by Gasteiger charge is -2.28. The summed E-state index contributed by atoms with van der Waals surface area (Å²) >= 11 is 0. The van der Waals surface area contributed by atoms with Gasteiger partial charge in [0.05, 0.1) is 6.04 Å². The second-order valence-electron chi connectivity index (χ2n) is 4.82. The van der Waals surface area contributed by atoms with E-state index in [-0.39, 0.29) is 0 Å². The van der Waals surface area contributed by atoms with Gasteiger partial charge in [0.2, 0.25) is 0 Å². The van der Waals surface area contributed by atoms with Crippen molar-refractivity contribution in [2.24, 2.45) is 5.92 Å². The molecule has 1 atom stereocenters. The van der Waals surface area contributed by atoms with Crippen molar-refractivity contribution < 1.29 is 4.42 Å². The Morgan fingerprint density at radius 1 is 1.31 bits per heavy atom. The van der Waals surface area contributed by atoms with Crippen LogP contribution in [0.4, 0.5) is 0 Å². The van der Waals surface area contributed by atoms with E-state index in [2.05, 4.69) is 24.4 Å². The maximum absolute atomic E-state index is 5.88. The lowest BCUT2D eigenvalue weighted by atomic mass is 9.83. The molecule has 1 fully saturated rings. The third-order valence-electron chi connectivity index (χ3n) is 3.77. The molecule has 1 aliphatic carbocycles. The van der Waals surface area contributed by atoms with Crippen LogP contribution in [-0.4, -0.2) is 7.05 Å². The highest BCUT2D eigenvalue weighted by Crippen LogP contribution is 2.34. The van der Waals surface area contributed by atoms with Gasteiger partial charge in [0, 0.05) is 6.42 Å². The van der Waals surface area contributed by atoms with E-state index in [1.54, 1.807) is 0 Å². The Bertz CT molecular complexity index is 312. The SMILES string of the molecule is CCc1ccc(C(NC)C2CCCCC2)o1. The molecule has 1 saturated carbocycles. The summed E-state index contributed by atoms with van der Waals surface area (Å²) in [4.78, 5) is 0. The zero-order valence-electron chi connectivity index (χ0n) is 10.5. The molecule has 0 amide bonds. The van der Waals surface area contributed by atoms with Crippen molar-refractivity contribution in [3.63, 3.8) is 0 Å². The first-order valence-corrected chi connectivity index (χ1v) is 6.61. The van der Waals surface area contributed by atoms with Crippen molar-refractivity contribution in [3.8, 4) is 0 Å². The molecule has 0 spiro atoms. The average molecular weight is 221 g/mol. The first kappa shape index (κ1) is 11.7. The van der Waals surface area contributed by atoms with Crippen LogP contribution in [0.15, 0.2) is 16.5 Å². The van der Waals surface area contributed by atoms with Gasteiger partial charge in [-0.3, -0.25) is 0 Å². The fourth-order valence-electron chi connectivity index (χ4n) is 2.83. The molecule has 1 aliphatic rings. The number of rotatable bonds is 4. The van der Waals surface area contributed by atoms with Gasteiger partial charge in [0.25, 0.3) is 0 Å². The zero-order valence-corrected chi connectivity index (χ0v) is 10.5. The molecule has 0 aliphatic heterocycles. The summed E-state index contributed by atoms with van der Waals surface area (Å²) < 4.78 is 5.88. The molecule has 16 heavy (non-hydrogen) atoms. The molecule has 0 radical (unpaired) electrons. The molecule has 1 aromatic rings. The summed E-state index contributed by atoms with van der Waals surface area (Å²) in [5.41, 5.74) is 0. The summed E-state index contributed by atoms with van der Waals surface area (Å²) in [6.45, 7) is 2.14. The topological polar surface area (TPSA) is 25.2 Å². The average Bonchev–Trinajstić information content (AvgIpc) is 2.80. The van der Waals surface area contributed by atoms with Crippen molar-refractivity contribution in [2.45, 2.75) is 51.5 Å². The van der Waals surface area contributed by atoms with Crippen molar-refractivity contribution in [1.82, 2.24) is 5.32 Å². The first-order chi connectivity index (χ1) is 7.85. The predicted octanol–water partition coefficient (Wildman–Crippen LogP) is 3.68. The van der Waals surface area contributed by atoms with Gasteiger partial charge in [-0.15, -0.1) is 0 Å². The molecular formula is C14H23NO. The highest BCUT2D eigenvalue weighted by atomic mass is 16.3. The number of furan rings is 1. The van der Waals surface area contributed by atoms with Crippen molar-refractivity contribution in [2.75, 3.05) is 7.05 Å². The van der Waals surface area contributed by atoms with Crippen molar-refractivity contribution in [1.29, 1.82) is 0 Å². The maximum Gasteiger partial charge on any atom is 0.121 e. The van der Waals surface area contributed by atoms with Crippen LogP contribution in [0.3, 0.4) is 0 Å². The van der Waals surface area contributed by atoms with Gasteiger partial charge in [-0.2, -0.15) is 0 Å². The molecule has 1 unspecified atom stereocenters. The van der Waals surface area contributed by atoms with Crippen LogP contribution in [0, 0.1) is 5.92 Å². The van der Waals surface area contributed by atoms with Gasteiger partial charge in [-0.1, -0.05) is 26.2 Å². The summed E-state index contributed by atoms with van der Waals surface area (Å²) in [6.07, 6.45) is 7.84. The van der Waals surface area contributed by atoms with E-state index in [1.165, 1.54) is 32.1 Å². The minimum absolute atomic E-state index is 0.417. The summed E-state index contributed by atoms with van der Waals surface area (Å²) in [5.74, 6) is 2.99. The number of hydrogen-bond donors (Lipinski definition) is 1. The normalized spacial score (nSPS) is 19.9. The Morgan fingerprint density at radius 3 is 2.62 bits per heavy atom. The lowest BCUT2D eigenvalue weighted by Crippen LogP contribution is -2.26. The van der Waals surface area contributed by atoms with Gasteiger partial charge in [-0.25, -0.2) is 0 Å². The van der Waals surface area contributed by atoms with E-state index < -0.39 is 0 Å². The summed E-state index contributed by atoms with van der Waals surface area (Å²) in [5, 5.41) is 3.43. The highest BCUT2D eigenvalue weighted by molar-refractivity contribution is 5.12. The van der Waals surface area contributed by atoms with Crippen LogP contribution in [0.5, 0.6) is 0 Å². The molecule has 1 N–H and O–H groups in total. The molecule has 0 bridgehead atoms. The molecular weight excluding hydrogens is 198 g/mol. The van der Waals surface area contributed by atoms with Crippen molar-refractivity contribution >= 4 is 0 Å². The monoisotopic (exact) mass is 221 g/mol. The van der Waals surface area contributed by atoms with Crippen molar-refractivity contribution in [3.05, 3.63) is 23.7 Å². The smallest absolute Gasteiger partial charge is 0.121 e. The molecule has 2 nitrogen and oxygen atoms in total. The lowest BCUT2D eigenvalue weighted by molar-refractivity contribution is 0.250. The van der Waals surface area contributed by atoms with E-state index in [4.69, 9.17) is 4.42 Å². The summed E-state index contributed by atoms with van der Waals surface area (Å²) in [6, 6.07) is 4.68. The Morgan fingerprint density at radius 2 is 2.06 bits per heavy atom. The van der Waals surface area contributed by atoms with Crippen LogP contribution in [0.2, 0.25) is 0 Å². The minimum atomic E-state index is 0.417. The second kappa shape index (κ2) is 5.53. The van der Waals surface area contributed by atoms with E-state index in [0.717, 1.165) is 23.9 Å². The van der Waals surface area contributed by atoms with Crippen LogP contribution in [0.1, 0.15) is 56.6 Å². The minimum Gasteiger partial charge on any atom is -0.464 e. The van der Waals surface area contributed by atoms with Gasteiger partial charge in [0.15, 0.2) is 0 Å². The Hall–Kier alpha value is -0.760. The molecule has 1 heterocycles. The standard InChI is InChI=1S/C14H23NO/c1-3-12-9-10-13(16-12)14(15-2)11-7-5-4-6-8-11/h9-11,14-15H,3-8H2,1-2H3. The van der Waals surface area contributed by atoms with Gasteiger partial charge in [0.1, 0.15) is 11.5 Å². The van der Waals surface area contributed by atoms with E-state index >= 15 is 0 Å².